The minimum atomic E-state index is -4.31. The maximum atomic E-state index is 13.9. The Morgan fingerprint density at radius 2 is 1.85 bits per heavy atom. The molecular formula is C22H19F5N4O2. The molecule has 0 fully saturated rings. The average Bonchev–Trinajstić information content (AvgIpc) is 3.42. The maximum Gasteiger partial charge on any atom is 0.433 e. The third-order valence-electron chi connectivity index (χ3n) is 5.55. The van der Waals surface area contributed by atoms with Crippen molar-refractivity contribution in [2.75, 3.05) is 12.8 Å². The van der Waals surface area contributed by atoms with Crippen molar-refractivity contribution in [3.8, 4) is 0 Å². The molecule has 0 saturated heterocycles. The van der Waals surface area contributed by atoms with E-state index in [0.717, 1.165) is 48.7 Å². The van der Waals surface area contributed by atoms with Crippen LogP contribution in [0.4, 0.5) is 27.9 Å². The van der Waals surface area contributed by atoms with Crippen LogP contribution in [0.5, 0.6) is 0 Å². The van der Waals surface area contributed by atoms with Crippen LogP contribution in [0.25, 0.3) is 10.9 Å². The van der Waals surface area contributed by atoms with Gasteiger partial charge in [-0.1, -0.05) is 10.5 Å². The zero-order chi connectivity index (χ0) is 23.9. The second kappa shape index (κ2) is 8.54. The Labute approximate surface area is 185 Å². The lowest BCUT2D eigenvalue weighted by atomic mass is 10.0. The van der Waals surface area contributed by atoms with Gasteiger partial charge in [-0.3, -0.25) is 4.79 Å². The zero-order valence-corrected chi connectivity index (χ0v) is 17.5. The fourth-order valence-electron chi connectivity index (χ4n) is 3.90. The molecule has 0 radical (unpaired) electrons. The highest BCUT2D eigenvalue weighted by atomic mass is 19.4. The van der Waals surface area contributed by atoms with E-state index in [0.29, 0.717) is 36.2 Å². The Balaban J connectivity index is 0.000000172. The molecule has 3 aromatic rings. The number of aromatic nitrogens is 2. The first-order valence-electron chi connectivity index (χ1n) is 10.0. The first kappa shape index (κ1) is 22.8. The molecule has 3 heterocycles. The quantitative estimate of drug-likeness (QED) is 0.421. The normalized spacial score (nSPS) is 14.5. The van der Waals surface area contributed by atoms with Crippen LogP contribution in [0.1, 0.15) is 44.9 Å². The Morgan fingerprint density at radius 3 is 2.55 bits per heavy atom. The molecular weight excluding hydrogens is 447 g/mol. The molecule has 0 atom stereocenters. The summed E-state index contributed by atoms with van der Waals surface area (Å²) in [6.07, 6.45) is -1.85. The van der Waals surface area contributed by atoms with Gasteiger partial charge in [-0.15, -0.1) is 0 Å². The van der Waals surface area contributed by atoms with Crippen LogP contribution in [-0.4, -0.2) is 28.0 Å². The van der Waals surface area contributed by atoms with Gasteiger partial charge in [-0.25, -0.2) is 14.4 Å². The van der Waals surface area contributed by atoms with Crippen molar-refractivity contribution in [1.82, 2.24) is 15.1 Å². The molecule has 0 unspecified atom stereocenters. The molecule has 174 valence electrons. The minimum absolute atomic E-state index is 0.161. The molecule has 0 saturated carbocycles. The van der Waals surface area contributed by atoms with Gasteiger partial charge in [0.15, 0.2) is 0 Å². The fraction of sp³-hybridized carbons (Fsp3) is 0.318. The molecule has 1 aromatic carbocycles. The van der Waals surface area contributed by atoms with Crippen LogP contribution >= 0.6 is 0 Å². The molecule has 0 bridgehead atoms. The van der Waals surface area contributed by atoms with Crippen molar-refractivity contribution in [3.05, 3.63) is 63.7 Å². The van der Waals surface area contributed by atoms with Crippen LogP contribution in [-0.2, 0) is 37.0 Å². The van der Waals surface area contributed by atoms with Crippen LogP contribution in [0.3, 0.4) is 0 Å². The lowest BCUT2D eigenvalue weighted by Gasteiger charge is -2.10. The van der Waals surface area contributed by atoms with E-state index in [1.807, 2.05) is 0 Å². The molecule has 1 amide bonds. The van der Waals surface area contributed by atoms with Crippen molar-refractivity contribution < 1.29 is 31.6 Å². The molecule has 2 aliphatic rings. The summed E-state index contributed by atoms with van der Waals surface area (Å²) in [7, 11) is 0.917. The number of rotatable bonds is 1. The number of amides is 1. The molecule has 2 N–H and O–H groups in total. The number of ether oxygens (including phenoxy) is 1. The van der Waals surface area contributed by atoms with Gasteiger partial charge in [-0.2, -0.15) is 18.3 Å². The molecule has 11 heteroatoms. The first-order valence-corrected chi connectivity index (χ1v) is 10.0. The number of hydrogen-bond donors (Lipinski definition) is 1. The van der Waals surface area contributed by atoms with Crippen LogP contribution in [0.15, 0.2) is 24.3 Å². The highest BCUT2D eigenvalue weighted by Gasteiger charge is 2.33. The molecule has 5 rings (SSSR count). The van der Waals surface area contributed by atoms with Crippen LogP contribution in [0, 0.1) is 5.82 Å². The SMILES string of the molecule is CN(F)C(=O)c1cc2c3c(c(N)nc2cc1F)COC3.FC(F)(F)c1ccc2c(n1)CCC2. The number of carbonyl (C=O) groups excluding carboxylic acids is 1. The van der Waals surface area contributed by atoms with Gasteiger partial charge in [0.2, 0.25) is 0 Å². The Hall–Kier alpha value is -3.34. The van der Waals surface area contributed by atoms with Gasteiger partial charge in [0.05, 0.1) is 24.3 Å². The average molecular weight is 466 g/mol. The van der Waals surface area contributed by atoms with E-state index in [1.54, 1.807) is 0 Å². The van der Waals surface area contributed by atoms with Gasteiger partial charge in [0, 0.05) is 29.8 Å². The predicted octanol–water partition coefficient (Wildman–Crippen LogP) is 4.53. The number of nitrogens with zero attached hydrogens (tertiary/aromatic N) is 3. The summed E-state index contributed by atoms with van der Waals surface area (Å²) in [5.41, 5.74) is 8.08. The van der Waals surface area contributed by atoms with Crippen molar-refractivity contribution in [1.29, 1.82) is 0 Å². The van der Waals surface area contributed by atoms with E-state index in [-0.39, 0.29) is 16.5 Å². The van der Waals surface area contributed by atoms with Crippen LogP contribution in [0.2, 0.25) is 0 Å². The summed E-state index contributed by atoms with van der Waals surface area (Å²) in [4.78, 5) is 19.3. The summed E-state index contributed by atoms with van der Waals surface area (Å²) >= 11 is 0. The van der Waals surface area contributed by atoms with Gasteiger partial charge in [-0.05, 0) is 42.5 Å². The molecule has 2 aromatic heterocycles. The second-order valence-electron chi connectivity index (χ2n) is 7.73. The zero-order valence-electron chi connectivity index (χ0n) is 17.5. The van der Waals surface area contributed by atoms with Crippen molar-refractivity contribution in [2.24, 2.45) is 0 Å². The summed E-state index contributed by atoms with van der Waals surface area (Å²) < 4.78 is 68.7. The fourth-order valence-corrected chi connectivity index (χ4v) is 3.90. The number of hydrogen-bond acceptors (Lipinski definition) is 5. The Kier molecular flexibility index (Phi) is 5.91. The number of nitrogens with two attached hydrogens (primary N) is 1. The topological polar surface area (TPSA) is 81.3 Å². The lowest BCUT2D eigenvalue weighted by Crippen LogP contribution is -2.19. The highest BCUT2D eigenvalue weighted by molar-refractivity contribution is 5.99. The van der Waals surface area contributed by atoms with E-state index < -0.39 is 23.6 Å². The Morgan fingerprint density at radius 1 is 1.12 bits per heavy atom. The van der Waals surface area contributed by atoms with Crippen molar-refractivity contribution in [2.45, 2.75) is 38.7 Å². The number of alkyl halides is 3. The summed E-state index contributed by atoms with van der Waals surface area (Å²) in [6, 6.07) is 4.98. The summed E-state index contributed by atoms with van der Waals surface area (Å²) in [5.74, 6) is -1.60. The molecule has 0 spiro atoms. The smallest absolute Gasteiger partial charge is 0.383 e. The highest BCUT2D eigenvalue weighted by Crippen LogP contribution is 2.33. The molecule has 33 heavy (non-hydrogen) atoms. The predicted molar refractivity (Wildman–Crippen MR) is 109 cm³/mol. The molecule has 1 aliphatic carbocycles. The number of fused-ring (bicyclic) bond motifs is 4. The number of benzene rings is 1. The van der Waals surface area contributed by atoms with Crippen LogP contribution < -0.4 is 5.73 Å². The Bertz CT molecular complexity index is 1240. The third-order valence-corrected chi connectivity index (χ3v) is 5.55. The van der Waals surface area contributed by atoms with E-state index >= 15 is 0 Å². The maximum absolute atomic E-state index is 13.9. The largest absolute Gasteiger partial charge is 0.433 e. The summed E-state index contributed by atoms with van der Waals surface area (Å²) in [5, 5.41) is 0.393. The number of pyridine rings is 2. The summed E-state index contributed by atoms with van der Waals surface area (Å²) in [6.45, 7) is 0.636. The minimum Gasteiger partial charge on any atom is -0.383 e. The molecule has 1 aliphatic heterocycles. The number of carbonyl (C=O) groups is 1. The number of aryl methyl sites for hydroxylation is 2. The van der Waals surface area contributed by atoms with Crippen molar-refractivity contribution >= 4 is 22.6 Å². The molecule has 6 nitrogen and oxygen atoms in total. The van der Waals surface area contributed by atoms with E-state index in [4.69, 9.17) is 10.5 Å². The number of nitrogen functional groups attached to an aromatic ring is 1. The number of anilines is 1. The first-order chi connectivity index (χ1) is 15.6. The van der Waals surface area contributed by atoms with Gasteiger partial charge in [0.1, 0.15) is 17.3 Å². The lowest BCUT2D eigenvalue weighted by molar-refractivity contribution is -0.141. The monoisotopic (exact) mass is 466 g/mol. The van der Waals surface area contributed by atoms with Gasteiger partial charge < -0.3 is 10.5 Å². The van der Waals surface area contributed by atoms with E-state index in [2.05, 4.69) is 9.97 Å². The van der Waals surface area contributed by atoms with Gasteiger partial charge >= 0.3 is 6.18 Å². The second-order valence-corrected chi connectivity index (χ2v) is 7.73. The third kappa shape index (κ3) is 4.45. The van der Waals surface area contributed by atoms with Crippen molar-refractivity contribution in [3.63, 3.8) is 0 Å². The van der Waals surface area contributed by atoms with E-state index in [9.17, 15) is 26.8 Å². The van der Waals surface area contributed by atoms with Gasteiger partial charge in [0.25, 0.3) is 5.91 Å². The number of halogens is 5. The van der Waals surface area contributed by atoms with E-state index in [1.165, 1.54) is 12.1 Å². The standard InChI is InChI=1S/C13H11F2N3O2.C9H8F3N/c1-18(15)13(19)7-2-6-8-4-20-5-9(8)12(16)17-11(6)3-10(7)14;10-9(11,12)8-5-4-6-2-1-3-7(6)13-8/h2-3H,4-5H2,1H3,(H2,16,17);4-5H,1-3H2.